The molecule has 0 N–H and O–H groups in total. The number of carbonyl (C=O) groups excluding carboxylic acids is 1. The van der Waals surface area contributed by atoms with E-state index in [4.69, 9.17) is 9.47 Å². The van der Waals surface area contributed by atoms with Crippen molar-refractivity contribution in [2.24, 2.45) is 0 Å². The van der Waals surface area contributed by atoms with E-state index in [9.17, 15) is 4.79 Å². The number of benzene rings is 2. The molecule has 1 fully saturated rings. The first-order valence-corrected chi connectivity index (χ1v) is 10.7. The highest BCUT2D eigenvalue weighted by molar-refractivity contribution is 9.10. The molecule has 0 spiro atoms. The molecule has 1 aliphatic rings. The van der Waals surface area contributed by atoms with E-state index in [2.05, 4.69) is 30.8 Å². The van der Waals surface area contributed by atoms with E-state index in [0.29, 0.717) is 37.5 Å². The van der Waals surface area contributed by atoms with Crippen molar-refractivity contribution in [3.8, 4) is 22.8 Å². The van der Waals surface area contributed by atoms with Gasteiger partial charge in [-0.3, -0.25) is 4.79 Å². The largest absolute Gasteiger partial charge is 0.497 e. The zero-order chi connectivity index (χ0) is 21.8. The molecule has 3 aromatic rings. The van der Waals surface area contributed by atoms with Crippen LogP contribution >= 0.6 is 15.9 Å². The van der Waals surface area contributed by atoms with Crippen molar-refractivity contribution in [1.29, 1.82) is 0 Å². The summed E-state index contributed by atoms with van der Waals surface area (Å²) in [6.45, 7) is 2.63. The molecule has 1 aromatic heterocycles. The lowest BCUT2D eigenvalue weighted by Gasteiger charge is -2.35. The first-order chi connectivity index (χ1) is 15.1. The smallest absolute Gasteiger partial charge is 0.255 e. The van der Waals surface area contributed by atoms with Crippen molar-refractivity contribution in [3.63, 3.8) is 0 Å². The lowest BCUT2D eigenvalue weighted by molar-refractivity contribution is 0.0745. The molecule has 160 valence electrons. The van der Waals surface area contributed by atoms with Gasteiger partial charge in [0.1, 0.15) is 23.6 Å². The number of rotatable bonds is 5. The summed E-state index contributed by atoms with van der Waals surface area (Å²) in [5, 5.41) is 0. The Morgan fingerprint density at radius 1 is 0.903 bits per heavy atom. The number of aromatic nitrogens is 2. The Hall–Kier alpha value is -3.13. The number of ether oxygens (including phenoxy) is 2. The summed E-state index contributed by atoms with van der Waals surface area (Å²) in [5.41, 5.74) is 2.46. The van der Waals surface area contributed by atoms with Crippen molar-refractivity contribution in [1.82, 2.24) is 14.9 Å². The minimum absolute atomic E-state index is 0.00738. The normalized spacial score (nSPS) is 13.8. The minimum atomic E-state index is -0.00738. The van der Waals surface area contributed by atoms with Crippen LogP contribution in [0.1, 0.15) is 10.4 Å². The quantitative estimate of drug-likeness (QED) is 0.549. The maximum Gasteiger partial charge on any atom is 0.255 e. The number of nitrogens with zero attached hydrogens (tertiary/aromatic N) is 4. The van der Waals surface area contributed by atoms with Gasteiger partial charge in [-0.15, -0.1) is 0 Å². The number of anilines is 1. The minimum Gasteiger partial charge on any atom is -0.497 e. The number of piperazine rings is 1. The van der Waals surface area contributed by atoms with Crippen LogP contribution in [0, 0.1) is 0 Å². The standard InChI is InChI=1S/C23H23BrN4O3/c1-30-17-5-3-16(4-6-17)21-14-22(26-15-25-21)27-9-11-28(12-10-27)23(29)19-13-18(31-2)7-8-20(19)24/h3-8,13-15H,9-12H2,1-2H3. The second-order valence-corrected chi connectivity index (χ2v) is 7.97. The molecule has 2 heterocycles. The molecule has 0 radical (unpaired) electrons. The Labute approximate surface area is 189 Å². The van der Waals surface area contributed by atoms with Gasteiger partial charge in [-0.25, -0.2) is 9.97 Å². The fraction of sp³-hybridized carbons (Fsp3) is 0.261. The third kappa shape index (κ3) is 4.64. The second-order valence-electron chi connectivity index (χ2n) is 7.11. The van der Waals surface area contributed by atoms with E-state index >= 15 is 0 Å². The molecule has 8 heteroatoms. The van der Waals surface area contributed by atoms with E-state index < -0.39 is 0 Å². The molecular formula is C23H23BrN4O3. The Balaban J connectivity index is 1.45. The van der Waals surface area contributed by atoms with E-state index in [1.165, 1.54) is 0 Å². The molecule has 1 amide bonds. The molecule has 0 atom stereocenters. The van der Waals surface area contributed by atoms with Crippen molar-refractivity contribution >= 4 is 27.7 Å². The van der Waals surface area contributed by atoms with Crippen molar-refractivity contribution < 1.29 is 14.3 Å². The highest BCUT2D eigenvalue weighted by Gasteiger charge is 2.24. The van der Waals surface area contributed by atoms with Gasteiger partial charge in [0.05, 0.1) is 25.5 Å². The summed E-state index contributed by atoms with van der Waals surface area (Å²) >= 11 is 3.48. The second kappa shape index (κ2) is 9.34. The third-order valence-electron chi connectivity index (χ3n) is 5.33. The Morgan fingerprint density at radius 3 is 2.26 bits per heavy atom. The summed E-state index contributed by atoms with van der Waals surface area (Å²) < 4.78 is 11.2. The van der Waals surface area contributed by atoms with Crippen LogP contribution in [0.4, 0.5) is 5.82 Å². The fourth-order valence-electron chi connectivity index (χ4n) is 3.54. The number of halogens is 1. The number of hydrogen-bond donors (Lipinski definition) is 0. The molecule has 0 aliphatic carbocycles. The summed E-state index contributed by atoms with van der Waals surface area (Å²) in [7, 11) is 3.24. The first-order valence-electron chi connectivity index (χ1n) is 9.93. The SMILES string of the molecule is COc1ccc(-c2cc(N3CCN(C(=O)c4cc(OC)ccc4Br)CC3)ncn2)cc1. The van der Waals surface area contributed by atoms with Crippen LogP contribution in [0.15, 0.2) is 59.3 Å². The lowest BCUT2D eigenvalue weighted by atomic mass is 10.1. The van der Waals surface area contributed by atoms with Crippen LogP contribution in [0.2, 0.25) is 0 Å². The molecule has 0 unspecified atom stereocenters. The van der Waals surface area contributed by atoms with Crippen molar-refractivity contribution in [2.75, 3.05) is 45.3 Å². The first kappa shape index (κ1) is 21.1. The lowest BCUT2D eigenvalue weighted by Crippen LogP contribution is -2.49. The molecule has 2 aromatic carbocycles. The molecule has 0 bridgehead atoms. The van der Waals surface area contributed by atoms with Crippen LogP contribution in [0.5, 0.6) is 11.5 Å². The van der Waals surface area contributed by atoms with E-state index in [1.54, 1.807) is 26.6 Å². The Bertz CT molecular complexity index is 1070. The highest BCUT2D eigenvalue weighted by Crippen LogP contribution is 2.26. The van der Waals surface area contributed by atoms with Gasteiger partial charge >= 0.3 is 0 Å². The average molecular weight is 483 g/mol. The molecule has 7 nitrogen and oxygen atoms in total. The monoisotopic (exact) mass is 482 g/mol. The number of carbonyl (C=O) groups is 1. The molecular weight excluding hydrogens is 460 g/mol. The van der Waals surface area contributed by atoms with Crippen LogP contribution in [-0.2, 0) is 0 Å². The summed E-state index contributed by atoms with van der Waals surface area (Å²) in [6, 6.07) is 15.2. The highest BCUT2D eigenvalue weighted by atomic mass is 79.9. The van der Waals surface area contributed by atoms with Gasteiger partial charge in [-0.05, 0) is 58.4 Å². The number of hydrogen-bond acceptors (Lipinski definition) is 6. The molecule has 4 rings (SSSR count). The van der Waals surface area contributed by atoms with Crippen molar-refractivity contribution in [2.45, 2.75) is 0 Å². The van der Waals surface area contributed by atoms with Gasteiger partial charge in [0.15, 0.2) is 0 Å². The van der Waals surface area contributed by atoms with Crippen LogP contribution in [0.3, 0.4) is 0 Å². The predicted octanol–water partition coefficient (Wildman–Crippen LogP) is 3.89. The van der Waals surface area contributed by atoms with Gasteiger partial charge in [-0.1, -0.05) is 0 Å². The summed E-state index contributed by atoms with van der Waals surface area (Å²) in [5.74, 6) is 2.32. The van der Waals surface area contributed by atoms with Gasteiger partial charge < -0.3 is 19.3 Å². The Kier molecular flexibility index (Phi) is 6.36. The van der Waals surface area contributed by atoms with Crippen LogP contribution < -0.4 is 14.4 Å². The summed E-state index contributed by atoms with van der Waals surface area (Å²) in [6.07, 6.45) is 1.58. The fourth-order valence-corrected chi connectivity index (χ4v) is 3.96. The van der Waals surface area contributed by atoms with E-state index in [0.717, 1.165) is 27.3 Å². The third-order valence-corrected chi connectivity index (χ3v) is 6.02. The topological polar surface area (TPSA) is 67.8 Å². The zero-order valence-electron chi connectivity index (χ0n) is 17.4. The molecule has 1 saturated heterocycles. The number of amides is 1. The Morgan fingerprint density at radius 2 is 1.58 bits per heavy atom. The van der Waals surface area contributed by atoms with Crippen LogP contribution in [-0.4, -0.2) is 61.2 Å². The molecule has 0 saturated carbocycles. The van der Waals surface area contributed by atoms with Gasteiger partial charge in [0.2, 0.25) is 0 Å². The van der Waals surface area contributed by atoms with Gasteiger partial charge in [0, 0.05) is 42.3 Å². The van der Waals surface area contributed by atoms with Crippen LogP contribution in [0.25, 0.3) is 11.3 Å². The number of methoxy groups -OCH3 is 2. The van der Waals surface area contributed by atoms with E-state index in [1.807, 2.05) is 47.4 Å². The predicted molar refractivity (Wildman–Crippen MR) is 123 cm³/mol. The van der Waals surface area contributed by atoms with Crippen molar-refractivity contribution in [3.05, 3.63) is 64.9 Å². The maximum absolute atomic E-state index is 13.0. The summed E-state index contributed by atoms with van der Waals surface area (Å²) in [4.78, 5) is 25.9. The average Bonchev–Trinajstić information content (AvgIpc) is 2.84. The van der Waals surface area contributed by atoms with Gasteiger partial charge in [-0.2, -0.15) is 0 Å². The van der Waals surface area contributed by atoms with Gasteiger partial charge in [0.25, 0.3) is 5.91 Å². The van der Waals surface area contributed by atoms with E-state index in [-0.39, 0.29) is 5.91 Å². The molecule has 31 heavy (non-hydrogen) atoms. The maximum atomic E-state index is 13.0. The zero-order valence-corrected chi connectivity index (χ0v) is 19.0. The molecule has 1 aliphatic heterocycles.